The van der Waals surface area contributed by atoms with E-state index in [-0.39, 0.29) is 40.7 Å². The standard InChI is InChI=1S/C28H15F9/c29-21-10-16(19-8-6-17(11-23(19)31)26(34)28(36)37)5-4-15(21)3-1-14-2-7-20(22(30)9-14)18-12-24(32)27(35)25(33)13-18/h2,4-13H,1,3H2. The molecule has 4 aromatic rings. The minimum absolute atomic E-state index is 0.101. The molecule has 0 aliphatic rings. The Bertz CT molecular complexity index is 1500. The number of halogens is 9. The lowest BCUT2D eigenvalue weighted by molar-refractivity contribution is 0.410. The Hall–Kier alpha value is -4.01. The smallest absolute Gasteiger partial charge is 0.207 e. The van der Waals surface area contributed by atoms with Gasteiger partial charge in [0.25, 0.3) is 0 Å². The maximum atomic E-state index is 14.7. The summed E-state index contributed by atoms with van der Waals surface area (Å²) in [5.41, 5.74) is -0.319. The van der Waals surface area contributed by atoms with Crippen molar-refractivity contribution in [1.82, 2.24) is 0 Å². The maximum Gasteiger partial charge on any atom is 0.306 e. The van der Waals surface area contributed by atoms with E-state index in [4.69, 9.17) is 0 Å². The second kappa shape index (κ2) is 10.5. The molecule has 0 N–H and O–H groups in total. The first-order valence-corrected chi connectivity index (χ1v) is 10.8. The van der Waals surface area contributed by atoms with Gasteiger partial charge in [0.15, 0.2) is 23.3 Å². The van der Waals surface area contributed by atoms with E-state index in [9.17, 15) is 39.5 Å². The normalized spacial score (nSPS) is 11.1. The van der Waals surface area contributed by atoms with E-state index in [0.717, 1.165) is 24.3 Å². The van der Waals surface area contributed by atoms with E-state index in [1.165, 1.54) is 24.3 Å². The summed E-state index contributed by atoms with van der Waals surface area (Å²) in [4.78, 5) is 0. The van der Waals surface area contributed by atoms with Crippen LogP contribution in [0.2, 0.25) is 0 Å². The van der Waals surface area contributed by atoms with Gasteiger partial charge in [-0.15, -0.1) is 0 Å². The third-order valence-electron chi connectivity index (χ3n) is 5.76. The summed E-state index contributed by atoms with van der Waals surface area (Å²) in [7, 11) is 0. The van der Waals surface area contributed by atoms with E-state index in [1.807, 2.05) is 0 Å². The van der Waals surface area contributed by atoms with Crippen LogP contribution in [0.1, 0.15) is 16.7 Å². The highest BCUT2D eigenvalue weighted by atomic mass is 19.3. The second-order valence-electron chi connectivity index (χ2n) is 8.14. The molecule has 0 radical (unpaired) electrons. The number of benzene rings is 4. The number of rotatable bonds is 6. The molecule has 0 aliphatic carbocycles. The Balaban J connectivity index is 1.50. The fourth-order valence-electron chi connectivity index (χ4n) is 3.85. The molecule has 0 saturated heterocycles. The van der Waals surface area contributed by atoms with Gasteiger partial charge in [0.2, 0.25) is 0 Å². The zero-order valence-electron chi connectivity index (χ0n) is 18.7. The van der Waals surface area contributed by atoms with Crippen molar-refractivity contribution in [2.75, 3.05) is 0 Å². The van der Waals surface area contributed by atoms with Crippen molar-refractivity contribution in [3.63, 3.8) is 0 Å². The molecule has 0 bridgehead atoms. The van der Waals surface area contributed by atoms with Crippen molar-refractivity contribution in [2.24, 2.45) is 0 Å². The van der Waals surface area contributed by atoms with Crippen LogP contribution in [0.5, 0.6) is 0 Å². The monoisotopic (exact) mass is 522 g/mol. The molecule has 0 heterocycles. The van der Waals surface area contributed by atoms with Gasteiger partial charge in [0.05, 0.1) is 0 Å². The first-order chi connectivity index (χ1) is 17.5. The fraction of sp³-hybridized carbons (Fsp3) is 0.0714. The minimum atomic E-state index is -2.59. The molecule has 0 fully saturated rings. The van der Waals surface area contributed by atoms with E-state index in [2.05, 4.69) is 0 Å². The van der Waals surface area contributed by atoms with Crippen molar-refractivity contribution in [1.29, 1.82) is 0 Å². The molecule has 0 aromatic heterocycles. The van der Waals surface area contributed by atoms with Crippen molar-refractivity contribution in [3.8, 4) is 22.3 Å². The summed E-state index contributed by atoms with van der Waals surface area (Å²) in [6.07, 6.45) is -2.28. The third-order valence-corrected chi connectivity index (χ3v) is 5.76. The summed E-state index contributed by atoms with van der Waals surface area (Å²) in [5, 5.41) is 0. The average Bonchev–Trinajstić information content (AvgIpc) is 2.85. The van der Waals surface area contributed by atoms with Crippen LogP contribution >= 0.6 is 0 Å². The topological polar surface area (TPSA) is 0 Å². The first kappa shape index (κ1) is 26.1. The molecular weight excluding hydrogens is 507 g/mol. The molecule has 9 heteroatoms. The summed E-state index contributed by atoms with van der Waals surface area (Å²) in [6.45, 7) is 0. The zero-order valence-corrected chi connectivity index (χ0v) is 18.7. The van der Waals surface area contributed by atoms with Gasteiger partial charge in [-0.25, -0.2) is 30.7 Å². The third kappa shape index (κ3) is 5.55. The molecule has 0 nitrogen and oxygen atoms in total. The summed E-state index contributed by atoms with van der Waals surface area (Å²) >= 11 is 0. The summed E-state index contributed by atoms with van der Waals surface area (Å²) in [5.74, 6) is -8.94. The molecule has 0 spiro atoms. The quantitative estimate of drug-likeness (QED) is 0.175. The van der Waals surface area contributed by atoms with E-state index >= 15 is 0 Å². The highest BCUT2D eigenvalue weighted by Gasteiger charge is 2.16. The van der Waals surface area contributed by atoms with E-state index in [1.54, 1.807) is 0 Å². The van der Waals surface area contributed by atoms with E-state index < -0.39 is 52.4 Å². The molecule has 4 aromatic carbocycles. The lowest BCUT2D eigenvalue weighted by atomic mass is 9.97. The number of hydrogen-bond donors (Lipinski definition) is 0. The summed E-state index contributed by atoms with van der Waals surface area (Å²) in [6, 6.07) is 11.6. The van der Waals surface area contributed by atoms with Crippen molar-refractivity contribution in [3.05, 3.63) is 124 Å². The van der Waals surface area contributed by atoms with Gasteiger partial charge in [-0.05, 0) is 65.4 Å². The lowest BCUT2D eigenvalue weighted by Gasteiger charge is -2.10. The number of hydrogen-bond acceptors (Lipinski definition) is 0. The Morgan fingerprint density at radius 3 is 1.70 bits per heavy atom. The maximum absolute atomic E-state index is 14.7. The Labute approximate surface area is 205 Å². The lowest BCUT2D eigenvalue weighted by Crippen LogP contribution is -1.98. The van der Waals surface area contributed by atoms with Crippen LogP contribution < -0.4 is 0 Å². The van der Waals surface area contributed by atoms with Gasteiger partial charge < -0.3 is 0 Å². The van der Waals surface area contributed by atoms with Crippen LogP contribution in [-0.2, 0) is 12.8 Å². The van der Waals surface area contributed by atoms with Crippen LogP contribution in [-0.4, -0.2) is 0 Å². The zero-order chi connectivity index (χ0) is 26.9. The van der Waals surface area contributed by atoms with E-state index in [0.29, 0.717) is 23.8 Å². The van der Waals surface area contributed by atoms with Gasteiger partial charge in [0.1, 0.15) is 17.5 Å². The molecule has 0 unspecified atom stereocenters. The van der Waals surface area contributed by atoms with Gasteiger partial charge in [-0.3, -0.25) is 0 Å². The SMILES string of the molecule is FC(F)=C(F)c1ccc(-c2ccc(CCc3ccc(-c4cc(F)c(F)c(F)c4)c(F)c3)c(F)c2)c(F)c1. The molecule has 0 atom stereocenters. The molecule has 0 aliphatic heterocycles. The molecule has 4 rings (SSSR count). The highest BCUT2D eigenvalue weighted by Crippen LogP contribution is 2.31. The van der Waals surface area contributed by atoms with Crippen LogP contribution in [0.15, 0.2) is 72.8 Å². The molecule has 0 saturated carbocycles. The Morgan fingerprint density at radius 1 is 0.514 bits per heavy atom. The van der Waals surface area contributed by atoms with Crippen molar-refractivity contribution < 1.29 is 39.5 Å². The molecule has 0 amide bonds. The van der Waals surface area contributed by atoms with Gasteiger partial charge in [-0.2, -0.15) is 8.78 Å². The predicted octanol–water partition coefficient (Wildman–Crippen LogP) is 9.17. The number of aryl methyl sites for hydroxylation is 2. The average molecular weight is 522 g/mol. The molecular formula is C28H15F9. The van der Waals surface area contributed by atoms with Crippen LogP contribution in [0, 0.1) is 34.9 Å². The summed E-state index contributed by atoms with van der Waals surface area (Å²) < 4.78 is 122. The molecule has 190 valence electrons. The van der Waals surface area contributed by atoms with Crippen LogP contribution in [0.4, 0.5) is 39.5 Å². The predicted molar refractivity (Wildman–Crippen MR) is 121 cm³/mol. The van der Waals surface area contributed by atoms with Crippen molar-refractivity contribution in [2.45, 2.75) is 12.8 Å². The minimum Gasteiger partial charge on any atom is -0.207 e. The highest BCUT2D eigenvalue weighted by molar-refractivity contribution is 5.69. The largest absolute Gasteiger partial charge is 0.306 e. The first-order valence-electron chi connectivity index (χ1n) is 10.8. The van der Waals surface area contributed by atoms with Crippen molar-refractivity contribution >= 4 is 5.83 Å². The van der Waals surface area contributed by atoms with Crippen LogP contribution in [0.25, 0.3) is 28.1 Å². The Kier molecular flexibility index (Phi) is 7.42. The van der Waals surface area contributed by atoms with Gasteiger partial charge in [-0.1, -0.05) is 36.4 Å². The van der Waals surface area contributed by atoms with Crippen LogP contribution in [0.3, 0.4) is 0 Å². The van der Waals surface area contributed by atoms with Gasteiger partial charge in [0, 0.05) is 16.7 Å². The van der Waals surface area contributed by atoms with Gasteiger partial charge >= 0.3 is 6.08 Å². The second-order valence-corrected chi connectivity index (χ2v) is 8.14. The molecule has 37 heavy (non-hydrogen) atoms. The Morgan fingerprint density at radius 2 is 1.11 bits per heavy atom. The fourth-order valence-corrected chi connectivity index (χ4v) is 3.85.